The van der Waals surface area contributed by atoms with Gasteiger partial charge in [0, 0.05) is 25.1 Å². The number of carbonyl (C=O) groups excluding carboxylic acids is 3. The number of likely N-dealkylation sites (tertiary alicyclic amines) is 1. The zero-order valence-electron chi connectivity index (χ0n) is 16.7. The average molecular weight is 400 g/mol. The van der Waals surface area contributed by atoms with Gasteiger partial charge in [0.05, 0.1) is 12.0 Å². The molecule has 1 saturated carbocycles. The van der Waals surface area contributed by atoms with E-state index in [0.717, 1.165) is 25.7 Å². The van der Waals surface area contributed by atoms with Crippen molar-refractivity contribution in [2.75, 3.05) is 19.7 Å². The number of nitrogens with two attached hydrogens (primary N) is 1. The lowest BCUT2D eigenvalue weighted by Crippen LogP contribution is -2.43. The van der Waals surface area contributed by atoms with Crippen molar-refractivity contribution in [3.8, 4) is 11.5 Å². The van der Waals surface area contributed by atoms with Gasteiger partial charge in [-0.1, -0.05) is 6.42 Å². The molecule has 2 aliphatic heterocycles. The number of hydrogen-bond acceptors (Lipinski definition) is 5. The monoisotopic (exact) mass is 400 g/mol. The second kappa shape index (κ2) is 8.05. The molecule has 29 heavy (non-hydrogen) atoms. The Bertz CT molecular complexity index is 807. The predicted molar refractivity (Wildman–Crippen MR) is 106 cm³/mol. The fourth-order valence-electron chi connectivity index (χ4n) is 4.69. The molecule has 0 atom stereocenters. The van der Waals surface area contributed by atoms with E-state index < -0.39 is 0 Å². The molecular formula is C22H28N2O5. The summed E-state index contributed by atoms with van der Waals surface area (Å²) in [6.45, 7) is 0.944. The molecule has 1 aliphatic carbocycles. The maximum Gasteiger partial charge on any atom is 0.260 e. The molecule has 0 radical (unpaired) electrons. The SMILES string of the molecule is NC(=O)C1CCN(C(=O)COc2ccc3c(c2)OC2(CCCCC2)CC3=O)CC1. The van der Waals surface area contributed by atoms with Crippen molar-refractivity contribution >= 4 is 17.6 Å². The lowest BCUT2D eigenvalue weighted by atomic mass is 9.78. The number of ether oxygens (including phenoxy) is 2. The number of fused-ring (bicyclic) bond motifs is 1. The van der Waals surface area contributed by atoms with Gasteiger partial charge in [0.1, 0.15) is 17.1 Å². The normalized spacial score (nSPS) is 21.4. The van der Waals surface area contributed by atoms with Gasteiger partial charge in [0.2, 0.25) is 5.91 Å². The molecule has 2 N–H and O–H groups in total. The van der Waals surface area contributed by atoms with Gasteiger partial charge in [-0.3, -0.25) is 14.4 Å². The summed E-state index contributed by atoms with van der Waals surface area (Å²) in [5.74, 6) is 0.634. The van der Waals surface area contributed by atoms with Crippen molar-refractivity contribution in [1.82, 2.24) is 4.90 Å². The number of benzene rings is 1. The molecule has 156 valence electrons. The van der Waals surface area contributed by atoms with Gasteiger partial charge in [0.15, 0.2) is 12.4 Å². The standard InChI is InChI=1S/C22H28N2O5/c23-21(27)15-6-10-24(11-7-15)20(26)14-28-16-4-5-17-18(25)13-22(29-19(17)12-16)8-2-1-3-9-22/h4-5,12,15H,1-3,6-11,13-14H2,(H2,23,27). The molecule has 1 saturated heterocycles. The summed E-state index contributed by atoms with van der Waals surface area (Å²) < 4.78 is 12.0. The number of carbonyl (C=O) groups is 3. The van der Waals surface area contributed by atoms with Crippen LogP contribution >= 0.6 is 0 Å². The van der Waals surface area contributed by atoms with E-state index in [-0.39, 0.29) is 35.7 Å². The first-order chi connectivity index (χ1) is 14.0. The Labute approximate surface area is 170 Å². The van der Waals surface area contributed by atoms with Gasteiger partial charge in [-0.05, 0) is 50.7 Å². The van der Waals surface area contributed by atoms with Crippen LogP contribution in [0.1, 0.15) is 61.7 Å². The number of hydrogen-bond donors (Lipinski definition) is 1. The lowest BCUT2D eigenvalue weighted by Gasteiger charge is -2.40. The quantitative estimate of drug-likeness (QED) is 0.837. The number of nitrogens with zero attached hydrogens (tertiary/aromatic N) is 1. The van der Waals surface area contributed by atoms with E-state index in [0.29, 0.717) is 49.4 Å². The van der Waals surface area contributed by atoms with Crippen LogP contribution in [0.15, 0.2) is 18.2 Å². The molecule has 4 rings (SSSR count). The molecule has 2 heterocycles. The van der Waals surface area contributed by atoms with E-state index in [1.165, 1.54) is 6.42 Å². The first-order valence-corrected chi connectivity index (χ1v) is 10.5. The van der Waals surface area contributed by atoms with Crippen LogP contribution in [0.5, 0.6) is 11.5 Å². The summed E-state index contributed by atoms with van der Waals surface area (Å²) in [6, 6.07) is 5.17. The van der Waals surface area contributed by atoms with Gasteiger partial charge in [-0.25, -0.2) is 0 Å². The topological polar surface area (TPSA) is 98.9 Å². The number of rotatable bonds is 4. The predicted octanol–water partition coefficient (Wildman–Crippen LogP) is 2.46. The molecule has 1 aromatic rings. The van der Waals surface area contributed by atoms with Gasteiger partial charge in [-0.2, -0.15) is 0 Å². The summed E-state index contributed by atoms with van der Waals surface area (Å²) in [7, 11) is 0. The van der Waals surface area contributed by atoms with Crippen molar-refractivity contribution in [3.63, 3.8) is 0 Å². The smallest absolute Gasteiger partial charge is 0.260 e. The van der Waals surface area contributed by atoms with Crippen molar-refractivity contribution in [2.24, 2.45) is 11.7 Å². The maximum atomic E-state index is 12.6. The van der Waals surface area contributed by atoms with Crippen LogP contribution in [0, 0.1) is 5.92 Å². The first kappa shape index (κ1) is 19.7. The Morgan fingerprint density at radius 2 is 1.90 bits per heavy atom. The van der Waals surface area contributed by atoms with Gasteiger partial charge in [-0.15, -0.1) is 0 Å². The van der Waals surface area contributed by atoms with E-state index in [4.69, 9.17) is 15.2 Å². The molecule has 1 aromatic carbocycles. The van der Waals surface area contributed by atoms with Crippen LogP contribution in [0.25, 0.3) is 0 Å². The zero-order chi connectivity index (χ0) is 20.4. The van der Waals surface area contributed by atoms with E-state index in [1.807, 2.05) is 0 Å². The second-order valence-electron chi connectivity index (χ2n) is 8.45. The molecule has 7 nitrogen and oxygen atoms in total. The molecule has 0 bridgehead atoms. The Balaban J connectivity index is 1.37. The molecule has 2 amide bonds. The van der Waals surface area contributed by atoms with E-state index in [2.05, 4.69) is 0 Å². The van der Waals surface area contributed by atoms with Crippen LogP contribution in [0.4, 0.5) is 0 Å². The van der Waals surface area contributed by atoms with Crippen molar-refractivity contribution in [1.29, 1.82) is 0 Å². The van der Waals surface area contributed by atoms with E-state index in [9.17, 15) is 14.4 Å². The summed E-state index contributed by atoms with van der Waals surface area (Å²) in [6.07, 6.45) is 6.80. The van der Waals surface area contributed by atoms with Gasteiger partial charge >= 0.3 is 0 Å². The summed E-state index contributed by atoms with van der Waals surface area (Å²) in [4.78, 5) is 38.0. The van der Waals surface area contributed by atoms with Crippen LogP contribution in [0.2, 0.25) is 0 Å². The molecule has 0 aromatic heterocycles. The largest absolute Gasteiger partial charge is 0.486 e. The highest BCUT2D eigenvalue weighted by Gasteiger charge is 2.41. The lowest BCUT2D eigenvalue weighted by molar-refractivity contribution is -0.136. The van der Waals surface area contributed by atoms with Crippen molar-refractivity contribution in [3.05, 3.63) is 23.8 Å². The van der Waals surface area contributed by atoms with E-state index >= 15 is 0 Å². The highest BCUT2D eigenvalue weighted by molar-refractivity contribution is 6.00. The first-order valence-electron chi connectivity index (χ1n) is 10.5. The van der Waals surface area contributed by atoms with E-state index in [1.54, 1.807) is 23.1 Å². The fraction of sp³-hybridized carbons (Fsp3) is 0.591. The van der Waals surface area contributed by atoms with Gasteiger partial charge in [0.25, 0.3) is 5.91 Å². The van der Waals surface area contributed by atoms with Crippen LogP contribution in [-0.2, 0) is 9.59 Å². The summed E-state index contributed by atoms with van der Waals surface area (Å²) >= 11 is 0. The molecule has 1 spiro atoms. The molecule has 2 fully saturated rings. The average Bonchev–Trinajstić information content (AvgIpc) is 2.72. The third kappa shape index (κ3) is 4.23. The van der Waals surface area contributed by atoms with Crippen LogP contribution < -0.4 is 15.2 Å². The Morgan fingerprint density at radius 3 is 2.59 bits per heavy atom. The number of amides is 2. The van der Waals surface area contributed by atoms with Gasteiger partial charge < -0.3 is 20.1 Å². The van der Waals surface area contributed by atoms with Crippen molar-refractivity contribution in [2.45, 2.75) is 57.0 Å². The summed E-state index contributed by atoms with van der Waals surface area (Å²) in [5, 5.41) is 0. The van der Waals surface area contributed by atoms with Crippen LogP contribution in [-0.4, -0.2) is 47.8 Å². The Kier molecular flexibility index (Phi) is 5.48. The molecule has 0 unspecified atom stereocenters. The van der Waals surface area contributed by atoms with Crippen LogP contribution in [0.3, 0.4) is 0 Å². The third-order valence-corrected chi connectivity index (χ3v) is 6.44. The molecular weight excluding hydrogens is 372 g/mol. The fourth-order valence-corrected chi connectivity index (χ4v) is 4.69. The maximum absolute atomic E-state index is 12.6. The minimum Gasteiger partial charge on any atom is -0.486 e. The van der Waals surface area contributed by atoms with Crippen molar-refractivity contribution < 1.29 is 23.9 Å². The third-order valence-electron chi connectivity index (χ3n) is 6.44. The molecule has 3 aliphatic rings. The highest BCUT2D eigenvalue weighted by Crippen LogP contribution is 2.42. The minimum absolute atomic E-state index is 0.0842. The second-order valence-corrected chi connectivity index (χ2v) is 8.45. The zero-order valence-corrected chi connectivity index (χ0v) is 16.7. The number of piperidine rings is 1. The summed E-state index contributed by atoms with van der Waals surface area (Å²) in [5.41, 5.74) is 5.56. The molecule has 7 heteroatoms. The Morgan fingerprint density at radius 1 is 1.17 bits per heavy atom. The number of Topliss-reactive ketones (excluding diaryl/α,β-unsaturated/α-hetero) is 1. The Hall–Kier alpha value is -2.57. The number of primary amides is 1. The number of ketones is 1. The minimum atomic E-state index is -0.373. The highest BCUT2D eigenvalue weighted by atomic mass is 16.5.